The van der Waals surface area contributed by atoms with Gasteiger partial charge >= 0.3 is 5.69 Å². The first-order valence-electron chi connectivity index (χ1n) is 6.27. The zero-order chi connectivity index (χ0) is 14.3. The third-order valence-corrected chi connectivity index (χ3v) is 3.34. The van der Waals surface area contributed by atoms with Crippen molar-refractivity contribution in [3.8, 4) is 0 Å². The lowest BCUT2D eigenvalue weighted by atomic mass is 10.2. The van der Waals surface area contributed by atoms with Crippen LogP contribution in [0.2, 0.25) is 0 Å². The number of benzene rings is 1. The molecule has 3 aromatic rings. The Morgan fingerprint density at radius 3 is 2.80 bits per heavy atom. The van der Waals surface area contributed by atoms with E-state index in [1.165, 1.54) is 4.57 Å². The Balaban J connectivity index is 2.13. The summed E-state index contributed by atoms with van der Waals surface area (Å²) in [6, 6.07) is 7.84. The zero-order valence-corrected chi connectivity index (χ0v) is 11.3. The van der Waals surface area contributed by atoms with Gasteiger partial charge in [-0.25, -0.2) is 4.79 Å². The molecule has 0 aliphatic carbocycles. The molecule has 6 nitrogen and oxygen atoms in total. The molecule has 3 rings (SSSR count). The average Bonchev–Trinajstić information content (AvgIpc) is 2.74. The van der Waals surface area contributed by atoms with Crippen molar-refractivity contribution in [1.82, 2.24) is 19.3 Å². The molecule has 6 heteroatoms. The number of nitrogens with zero attached hydrogens (tertiary/aromatic N) is 3. The Morgan fingerprint density at radius 2 is 2.00 bits per heavy atom. The van der Waals surface area contributed by atoms with Gasteiger partial charge in [-0.3, -0.25) is 19.0 Å². The van der Waals surface area contributed by atoms with Crippen LogP contribution in [0.5, 0.6) is 0 Å². The van der Waals surface area contributed by atoms with E-state index in [1.54, 1.807) is 17.8 Å². The van der Waals surface area contributed by atoms with Gasteiger partial charge in [-0.05, 0) is 13.0 Å². The molecule has 1 N–H and O–H groups in total. The number of hydrogen-bond donors (Lipinski definition) is 1. The van der Waals surface area contributed by atoms with E-state index < -0.39 is 5.69 Å². The SMILES string of the molecule is Cc1cn(Cc2nn(C)c3ccccc23)c(=O)[nH]c1=O. The molecule has 1 aromatic carbocycles. The molecule has 0 aliphatic heterocycles. The van der Waals surface area contributed by atoms with Crippen molar-refractivity contribution >= 4 is 10.9 Å². The second kappa shape index (κ2) is 4.48. The molecule has 0 bridgehead atoms. The van der Waals surface area contributed by atoms with E-state index in [0.717, 1.165) is 16.6 Å². The van der Waals surface area contributed by atoms with Crippen molar-refractivity contribution in [3.05, 3.63) is 62.6 Å². The van der Waals surface area contributed by atoms with Gasteiger partial charge in [-0.1, -0.05) is 18.2 Å². The number of hydrogen-bond acceptors (Lipinski definition) is 3. The smallest absolute Gasteiger partial charge is 0.294 e. The maximum Gasteiger partial charge on any atom is 0.328 e. The van der Waals surface area contributed by atoms with Crippen LogP contribution in [0.15, 0.2) is 40.1 Å². The number of aromatic nitrogens is 4. The van der Waals surface area contributed by atoms with E-state index in [4.69, 9.17) is 0 Å². The molecule has 0 radical (unpaired) electrons. The van der Waals surface area contributed by atoms with Crippen LogP contribution in [0.1, 0.15) is 11.3 Å². The highest BCUT2D eigenvalue weighted by molar-refractivity contribution is 5.81. The zero-order valence-electron chi connectivity index (χ0n) is 11.3. The van der Waals surface area contributed by atoms with Crippen LogP contribution in [0.3, 0.4) is 0 Å². The number of aromatic amines is 1. The number of H-pyrrole nitrogens is 1. The van der Waals surface area contributed by atoms with Crippen LogP contribution < -0.4 is 11.2 Å². The fourth-order valence-electron chi connectivity index (χ4n) is 2.30. The minimum Gasteiger partial charge on any atom is -0.294 e. The fraction of sp³-hybridized carbons (Fsp3) is 0.214. The van der Waals surface area contributed by atoms with Gasteiger partial charge in [-0.2, -0.15) is 5.10 Å². The van der Waals surface area contributed by atoms with Gasteiger partial charge in [0.15, 0.2) is 0 Å². The van der Waals surface area contributed by atoms with E-state index in [1.807, 2.05) is 31.3 Å². The number of aryl methyl sites for hydroxylation is 2. The number of fused-ring (bicyclic) bond motifs is 1. The van der Waals surface area contributed by atoms with Crippen LogP contribution in [0, 0.1) is 6.92 Å². The monoisotopic (exact) mass is 270 g/mol. The maximum absolute atomic E-state index is 11.8. The first kappa shape index (κ1) is 12.4. The van der Waals surface area contributed by atoms with Crippen molar-refractivity contribution < 1.29 is 0 Å². The minimum absolute atomic E-state index is 0.331. The predicted octanol–water partition coefficient (Wildman–Crippen LogP) is 0.780. The van der Waals surface area contributed by atoms with Gasteiger partial charge in [0, 0.05) is 24.2 Å². The Morgan fingerprint density at radius 1 is 1.25 bits per heavy atom. The third-order valence-electron chi connectivity index (χ3n) is 3.34. The van der Waals surface area contributed by atoms with Gasteiger partial charge < -0.3 is 0 Å². The Labute approximate surface area is 114 Å². The summed E-state index contributed by atoms with van der Waals surface area (Å²) in [5.74, 6) is 0. The van der Waals surface area contributed by atoms with Crippen molar-refractivity contribution in [2.24, 2.45) is 7.05 Å². The first-order chi connectivity index (χ1) is 9.56. The van der Waals surface area contributed by atoms with Crippen LogP contribution in [-0.4, -0.2) is 19.3 Å². The third kappa shape index (κ3) is 1.95. The molecule has 0 fully saturated rings. The molecule has 0 spiro atoms. The quantitative estimate of drug-likeness (QED) is 0.748. The fourth-order valence-corrected chi connectivity index (χ4v) is 2.30. The minimum atomic E-state index is -0.421. The van der Waals surface area contributed by atoms with Gasteiger partial charge in [0.25, 0.3) is 5.56 Å². The molecule has 102 valence electrons. The molecule has 0 amide bonds. The average molecular weight is 270 g/mol. The van der Waals surface area contributed by atoms with Gasteiger partial charge in [0.05, 0.1) is 17.8 Å². The summed E-state index contributed by atoms with van der Waals surface area (Å²) in [6.45, 7) is 2.00. The summed E-state index contributed by atoms with van der Waals surface area (Å²) in [4.78, 5) is 25.5. The molecule has 0 saturated carbocycles. The van der Waals surface area contributed by atoms with Crippen molar-refractivity contribution in [3.63, 3.8) is 0 Å². The highest BCUT2D eigenvalue weighted by Crippen LogP contribution is 2.17. The number of rotatable bonds is 2. The van der Waals surface area contributed by atoms with Gasteiger partial charge in [0.1, 0.15) is 0 Å². The second-order valence-electron chi connectivity index (χ2n) is 4.79. The Kier molecular flexibility index (Phi) is 2.78. The molecule has 0 saturated heterocycles. The van der Waals surface area contributed by atoms with Gasteiger partial charge in [0.2, 0.25) is 0 Å². The van der Waals surface area contributed by atoms with E-state index in [0.29, 0.717) is 12.1 Å². The lowest BCUT2D eigenvalue weighted by Gasteiger charge is -2.03. The maximum atomic E-state index is 11.8. The highest BCUT2D eigenvalue weighted by atomic mass is 16.2. The van der Waals surface area contributed by atoms with Crippen molar-refractivity contribution in [1.29, 1.82) is 0 Å². The highest BCUT2D eigenvalue weighted by Gasteiger charge is 2.09. The van der Waals surface area contributed by atoms with Crippen molar-refractivity contribution in [2.45, 2.75) is 13.5 Å². The number of para-hydroxylation sites is 1. The molecule has 2 heterocycles. The predicted molar refractivity (Wildman–Crippen MR) is 75.9 cm³/mol. The summed E-state index contributed by atoms with van der Waals surface area (Å²) < 4.78 is 3.25. The van der Waals surface area contributed by atoms with E-state index in [9.17, 15) is 9.59 Å². The summed E-state index contributed by atoms with van der Waals surface area (Å²) in [5.41, 5.74) is 1.55. The summed E-state index contributed by atoms with van der Waals surface area (Å²) in [6.07, 6.45) is 1.56. The topological polar surface area (TPSA) is 72.7 Å². The summed E-state index contributed by atoms with van der Waals surface area (Å²) >= 11 is 0. The van der Waals surface area contributed by atoms with Crippen LogP contribution in [0.25, 0.3) is 10.9 Å². The lowest BCUT2D eigenvalue weighted by Crippen LogP contribution is -2.31. The van der Waals surface area contributed by atoms with Crippen molar-refractivity contribution in [2.75, 3.05) is 0 Å². The lowest BCUT2D eigenvalue weighted by molar-refractivity contribution is 0.677. The van der Waals surface area contributed by atoms with E-state index >= 15 is 0 Å². The molecular formula is C14H14N4O2. The Hall–Kier alpha value is -2.63. The molecule has 0 aliphatic rings. The summed E-state index contributed by atoms with van der Waals surface area (Å²) in [5, 5.41) is 5.45. The van der Waals surface area contributed by atoms with E-state index in [2.05, 4.69) is 10.1 Å². The van der Waals surface area contributed by atoms with Gasteiger partial charge in [-0.15, -0.1) is 0 Å². The first-order valence-corrected chi connectivity index (χ1v) is 6.27. The second-order valence-corrected chi connectivity index (χ2v) is 4.79. The van der Waals surface area contributed by atoms with Crippen LogP contribution >= 0.6 is 0 Å². The van der Waals surface area contributed by atoms with E-state index in [-0.39, 0.29) is 5.56 Å². The van der Waals surface area contributed by atoms with Crippen LogP contribution in [-0.2, 0) is 13.6 Å². The molecular weight excluding hydrogens is 256 g/mol. The molecule has 2 aromatic heterocycles. The Bertz CT molecular complexity index is 901. The molecule has 0 unspecified atom stereocenters. The largest absolute Gasteiger partial charge is 0.328 e. The number of nitrogens with one attached hydrogen (secondary N) is 1. The molecule has 20 heavy (non-hydrogen) atoms. The molecule has 0 atom stereocenters. The normalized spacial score (nSPS) is 11.1. The van der Waals surface area contributed by atoms with Crippen LogP contribution in [0.4, 0.5) is 0 Å². The standard InChI is InChI=1S/C14H14N4O2/c1-9-7-18(14(20)15-13(9)19)8-11-10-5-3-4-6-12(10)17(2)16-11/h3-7H,8H2,1-2H3,(H,15,19,20). The summed E-state index contributed by atoms with van der Waals surface area (Å²) in [7, 11) is 1.87.